The zero-order valence-electron chi connectivity index (χ0n) is 17.0. The Bertz CT molecular complexity index is 776. The predicted octanol–water partition coefficient (Wildman–Crippen LogP) is 3.34. The van der Waals surface area contributed by atoms with Gasteiger partial charge in [0.05, 0.1) is 20.3 Å². The highest BCUT2D eigenvalue weighted by Gasteiger charge is 2.26. The largest absolute Gasteiger partial charge is 0.493 e. The second-order valence-corrected chi connectivity index (χ2v) is 7.43. The third-order valence-corrected chi connectivity index (χ3v) is 4.95. The molecule has 1 heterocycles. The highest BCUT2D eigenvalue weighted by Crippen LogP contribution is 2.31. The first-order chi connectivity index (χ1) is 13.0. The summed E-state index contributed by atoms with van der Waals surface area (Å²) in [7, 11) is 7.55. The van der Waals surface area contributed by atoms with Crippen LogP contribution in [0.2, 0.25) is 0 Å². The Balaban J connectivity index is 1.88. The molecule has 146 valence electrons. The van der Waals surface area contributed by atoms with Crippen LogP contribution in [-0.4, -0.2) is 57.3 Å². The molecule has 0 spiro atoms. The molecule has 0 radical (unpaired) electrons. The Morgan fingerprint density at radius 3 is 2.56 bits per heavy atom. The molecular formula is C22H30N2O3. The van der Waals surface area contributed by atoms with Crippen molar-refractivity contribution in [1.82, 2.24) is 9.80 Å². The summed E-state index contributed by atoms with van der Waals surface area (Å²) in [6.07, 6.45) is 0. The Morgan fingerprint density at radius 1 is 1.07 bits per heavy atom. The van der Waals surface area contributed by atoms with Gasteiger partial charge in [0.1, 0.15) is 12.4 Å². The van der Waals surface area contributed by atoms with E-state index in [0.717, 1.165) is 36.9 Å². The fourth-order valence-electron chi connectivity index (χ4n) is 3.60. The minimum atomic E-state index is 0.306. The lowest BCUT2D eigenvalue weighted by atomic mass is 10.1. The van der Waals surface area contributed by atoms with Crippen molar-refractivity contribution in [1.29, 1.82) is 0 Å². The second kappa shape index (κ2) is 8.63. The molecule has 2 aromatic rings. The smallest absolute Gasteiger partial charge is 0.161 e. The summed E-state index contributed by atoms with van der Waals surface area (Å²) in [5.74, 6) is 2.52. The van der Waals surface area contributed by atoms with E-state index in [9.17, 15) is 0 Å². The molecule has 5 nitrogen and oxygen atoms in total. The number of methoxy groups -OCH3 is 2. The molecule has 0 fully saturated rings. The molecule has 0 amide bonds. The highest BCUT2D eigenvalue weighted by atomic mass is 16.5. The van der Waals surface area contributed by atoms with E-state index in [0.29, 0.717) is 12.6 Å². The van der Waals surface area contributed by atoms with Gasteiger partial charge in [0, 0.05) is 25.2 Å². The Morgan fingerprint density at radius 2 is 1.85 bits per heavy atom. The molecule has 0 saturated carbocycles. The first kappa shape index (κ1) is 19.5. The summed E-state index contributed by atoms with van der Waals surface area (Å²) < 4.78 is 17.0. The third-order valence-electron chi connectivity index (χ3n) is 4.95. The minimum Gasteiger partial charge on any atom is -0.493 e. The summed E-state index contributed by atoms with van der Waals surface area (Å²) >= 11 is 0. The normalized spacial score (nSPS) is 17.2. The fraction of sp³-hybridized carbons (Fsp3) is 0.455. The van der Waals surface area contributed by atoms with Gasteiger partial charge in [-0.1, -0.05) is 23.8 Å². The number of aryl methyl sites for hydroxylation is 1. The molecular weight excluding hydrogens is 340 g/mol. The molecule has 1 aliphatic heterocycles. The van der Waals surface area contributed by atoms with Crippen LogP contribution in [0.5, 0.6) is 17.2 Å². The lowest BCUT2D eigenvalue weighted by molar-refractivity contribution is 0.113. The van der Waals surface area contributed by atoms with Crippen molar-refractivity contribution in [2.45, 2.75) is 26.1 Å². The lowest BCUT2D eigenvalue weighted by Crippen LogP contribution is -2.43. The molecule has 1 atom stereocenters. The van der Waals surface area contributed by atoms with Gasteiger partial charge in [0.2, 0.25) is 0 Å². The van der Waals surface area contributed by atoms with Crippen molar-refractivity contribution in [2.75, 3.05) is 41.5 Å². The van der Waals surface area contributed by atoms with E-state index in [-0.39, 0.29) is 0 Å². The first-order valence-corrected chi connectivity index (χ1v) is 9.32. The van der Waals surface area contributed by atoms with Crippen LogP contribution in [0, 0.1) is 6.92 Å². The monoisotopic (exact) mass is 370 g/mol. The maximum absolute atomic E-state index is 6.15. The fourth-order valence-corrected chi connectivity index (χ4v) is 3.60. The number of nitrogens with zero attached hydrogens (tertiary/aromatic N) is 2. The van der Waals surface area contributed by atoms with Gasteiger partial charge >= 0.3 is 0 Å². The summed E-state index contributed by atoms with van der Waals surface area (Å²) in [6.45, 7) is 5.45. The topological polar surface area (TPSA) is 34.2 Å². The molecule has 0 saturated heterocycles. The SMILES string of the molecule is COc1ccc(CN2Cc3cc(C)ccc3OC[C@H]2CN(C)C)cc1OC. The molecule has 5 heteroatoms. The standard InChI is InChI=1S/C22H30N2O3/c1-16-6-8-20-18(10-16)13-24(19(15-27-20)14-23(2)3)12-17-7-9-21(25-4)22(11-17)26-5/h6-11,19H,12-15H2,1-5H3/t19-/m1/s1. The lowest BCUT2D eigenvalue weighted by Gasteiger charge is -2.31. The van der Waals surface area contributed by atoms with Crippen molar-refractivity contribution in [3.8, 4) is 17.2 Å². The molecule has 0 N–H and O–H groups in total. The Labute approximate surface area is 162 Å². The van der Waals surface area contributed by atoms with Gasteiger partial charge in [-0.25, -0.2) is 0 Å². The van der Waals surface area contributed by atoms with Crippen LogP contribution in [0.1, 0.15) is 16.7 Å². The van der Waals surface area contributed by atoms with Crippen LogP contribution in [0.15, 0.2) is 36.4 Å². The first-order valence-electron chi connectivity index (χ1n) is 9.32. The van der Waals surface area contributed by atoms with Crippen LogP contribution in [-0.2, 0) is 13.1 Å². The van der Waals surface area contributed by atoms with Crippen LogP contribution in [0.3, 0.4) is 0 Å². The van der Waals surface area contributed by atoms with Crippen LogP contribution >= 0.6 is 0 Å². The van der Waals surface area contributed by atoms with Crippen LogP contribution in [0.25, 0.3) is 0 Å². The average Bonchev–Trinajstić information content (AvgIpc) is 2.80. The van der Waals surface area contributed by atoms with E-state index >= 15 is 0 Å². The van der Waals surface area contributed by atoms with Gasteiger partial charge in [-0.15, -0.1) is 0 Å². The molecule has 0 aliphatic carbocycles. The van der Waals surface area contributed by atoms with Crippen molar-refractivity contribution in [3.05, 3.63) is 53.1 Å². The van der Waals surface area contributed by atoms with Gasteiger partial charge in [0.25, 0.3) is 0 Å². The number of ether oxygens (including phenoxy) is 3. The van der Waals surface area contributed by atoms with Crippen molar-refractivity contribution in [2.24, 2.45) is 0 Å². The Kier molecular flexibility index (Phi) is 6.24. The number of likely N-dealkylation sites (N-methyl/N-ethyl adjacent to an activating group) is 1. The Hall–Kier alpha value is -2.24. The quantitative estimate of drug-likeness (QED) is 0.779. The van der Waals surface area contributed by atoms with E-state index in [4.69, 9.17) is 14.2 Å². The van der Waals surface area contributed by atoms with Gasteiger partial charge in [-0.05, 0) is 44.8 Å². The molecule has 1 aliphatic rings. The van der Waals surface area contributed by atoms with Crippen molar-refractivity contribution in [3.63, 3.8) is 0 Å². The summed E-state index contributed by atoms with van der Waals surface area (Å²) in [6, 6.07) is 12.9. The van der Waals surface area contributed by atoms with Gasteiger partial charge < -0.3 is 19.1 Å². The van der Waals surface area contributed by atoms with Crippen molar-refractivity contribution >= 4 is 0 Å². The molecule has 0 bridgehead atoms. The second-order valence-electron chi connectivity index (χ2n) is 7.43. The average molecular weight is 370 g/mol. The van der Waals surface area contributed by atoms with E-state index in [1.165, 1.54) is 16.7 Å². The van der Waals surface area contributed by atoms with Crippen molar-refractivity contribution < 1.29 is 14.2 Å². The molecule has 0 aromatic heterocycles. The zero-order chi connectivity index (χ0) is 19.4. The van der Waals surface area contributed by atoms with E-state index < -0.39 is 0 Å². The number of hydrogen-bond donors (Lipinski definition) is 0. The number of benzene rings is 2. The predicted molar refractivity (Wildman–Crippen MR) is 108 cm³/mol. The summed E-state index contributed by atoms with van der Waals surface area (Å²) in [5, 5.41) is 0. The molecule has 2 aromatic carbocycles. The van der Waals surface area contributed by atoms with Gasteiger partial charge in [-0.3, -0.25) is 4.90 Å². The van der Waals surface area contributed by atoms with Crippen LogP contribution < -0.4 is 14.2 Å². The maximum Gasteiger partial charge on any atom is 0.161 e. The minimum absolute atomic E-state index is 0.306. The van der Waals surface area contributed by atoms with Gasteiger partial charge in [0.15, 0.2) is 11.5 Å². The zero-order valence-corrected chi connectivity index (χ0v) is 17.0. The number of fused-ring (bicyclic) bond motifs is 1. The maximum atomic E-state index is 6.15. The number of hydrogen-bond acceptors (Lipinski definition) is 5. The molecule has 0 unspecified atom stereocenters. The summed E-state index contributed by atoms with van der Waals surface area (Å²) in [4.78, 5) is 4.71. The molecule has 27 heavy (non-hydrogen) atoms. The van der Waals surface area contributed by atoms with Crippen LogP contribution in [0.4, 0.5) is 0 Å². The highest BCUT2D eigenvalue weighted by molar-refractivity contribution is 5.43. The van der Waals surface area contributed by atoms with Gasteiger partial charge in [-0.2, -0.15) is 0 Å². The van der Waals surface area contributed by atoms with E-state index in [2.05, 4.69) is 61.2 Å². The molecule has 3 rings (SSSR count). The number of rotatable bonds is 6. The van der Waals surface area contributed by atoms with E-state index in [1.807, 2.05) is 6.07 Å². The van der Waals surface area contributed by atoms with E-state index in [1.54, 1.807) is 14.2 Å². The third kappa shape index (κ3) is 4.73. The summed E-state index contributed by atoms with van der Waals surface area (Å²) in [5.41, 5.74) is 3.71.